The summed E-state index contributed by atoms with van der Waals surface area (Å²) in [5.74, 6) is -0.230. The van der Waals surface area contributed by atoms with Crippen LogP contribution in [0.15, 0.2) is 48.5 Å². The van der Waals surface area contributed by atoms with E-state index < -0.39 is 12.0 Å². The Bertz CT molecular complexity index is 949. The standard InChI is InChI=1S/C22H24N2O4S/c1-4-27-16-11-9-15(10-12-16)21(25)24-20(14(2)3)22(26)28-13-19-23-17-7-5-6-8-18(17)29-19/h5-12,14,20H,4,13H2,1-3H3,(H,24,25)/t20-/m0/s1. The molecule has 0 aliphatic heterocycles. The zero-order chi connectivity index (χ0) is 20.8. The van der Waals surface area contributed by atoms with Gasteiger partial charge in [0.1, 0.15) is 23.4 Å². The molecule has 6 nitrogen and oxygen atoms in total. The molecule has 0 spiro atoms. The molecule has 3 aromatic rings. The van der Waals surface area contributed by atoms with E-state index in [4.69, 9.17) is 9.47 Å². The summed E-state index contributed by atoms with van der Waals surface area (Å²) >= 11 is 1.49. The van der Waals surface area contributed by atoms with Crippen molar-refractivity contribution in [1.29, 1.82) is 0 Å². The van der Waals surface area contributed by atoms with Crippen LogP contribution >= 0.6 is 11.3 Å². The molecule has 0 radical (unpaired) electrons. The van der Waals surface area contributed by atoms with Gasteiger partial charge in [-0.05, 0) is 49.2 Å². The highest BCUT2D eigenvalue weighted by Crippen LogP contribution is 2.22. The average Bonchev–Trinajstić information content (AvgIpc) is 3.13. The molecule has 0 aliphatic carbocycles. The second-order valence-electron chi connectivity index (χ2n) is 6.84. The second kappa shape index (κ2) is 9.52. The number of amides is 1. The molecule has 1 atom stereocenters. The Balaban J connectivity index is 1.61. The Kier molecular flexibility index (Phi) is 6.82. The predicted molar refractivity (Wildman–Crippen MR) is 113 cm³/mol. The first kappa shape index (κ1) is 20.8. The maximum atomic E-state index is 12.6. The van der Waals surface area contributed by atoms with Crippen LogP contribution in [0.1, 0.15) is 36.1 Å². The van der Waals surface area contributed by atoms with Crippen LogP contribution in [-0.2, 0) is 16.1 Å². The quantitative estimate of drug-likeness (QED) is 0.561. The Morgan fingerprint density at radius 3 is 2.48 bits per heavy atom. The number of esters is 1. The summed E-state index contributed by atoms with van der Waals surface area (Å²) < 4.78 is 11.9. The SMILES string of the molecule is CCOc1ccc(C(=O)N[C@H](C(=O)OCc2nc3ccccc3s2)C(C)C)cc1. The van der Waals surface area contributed by atoms with E-state index in [0.29, 0.717) is 17.9 Å². The van der Waals surface area contributed by atoms with Crippen molar-refractivity contribution in [1.82, 2.24) is 10.3 Å². The van der Waals surface area contributed by atoms with Gasteiger partial charge < -0.3 is 14.8 Å². The fourth-order valence-corrected chi connectivity index (χ4v) is 3.68. The van der Waals surface area contributed by atoms with Crippen LogP contribution in [-0.4, -0.2) is 29.5 Å². The summed E-state index contributed by atoms with van der Waals surface area (Å²) in [6.07, 6.45) is 0. The average molecular weight is 413 g/mol. The molecular weight excluding hydrogens is 388 g/mol. The minimum absolute atomic E-state index is 0.0837. The summed E-state index contributed by atoms with van der Waals surface area (Å²) in [4.78, 5) is 29.6. The largest absolute Gasteiger partial charge is 0.494 e. The highest BCUT2D eigenvalue weighted by atomic mass is 32.1. The van der Waals surface area contributed by atoms with Gasteiger partial charge in [0.05, 0.1) is 16.8 Å². The van der Waals surface area contributed by atoms with Crippen molar-refractivity contribution in [2.75, 3.05) is 6.61 Å². The monoisotopic (exact) mass is 412 g/mol. The van der Waals surface area contributed by atoms with E-state index in [9.17, 15) is 9.59 Å². The molecule has 0 bridgehead atoms. The topological polar surface area (TPSA) is 77.5 Å². The van der Waals surface area contributed by atoms with Gasteiger partial charge in [-0.3, -0.25) is 4.79 Å². The fourth-order valence-electron chi connectivity index (χ4n) is 2.80. The highest BCUT2D eigenvalue weighted by Gasteiger charge is 2.26. The number of hydrogen-bond acceptors (Lipinski definition) is 6. The van der Waals surface area contributed by atoms with Crippen molar-refractivity contribution in [2.24, 2.45) is 5.92 Å². The molecule has 0 saturated carbocycles. The number of carbonyl (C=O) groups excluding carboxylic acids is 2. The van der Waals surface area contributed by atoms with Gasteiger partial charge in [-0.15, -0.1) is 11.3 Å². The van der Waals surface area contributed by atoms with Crippen LogP contribution in [0.2, 0.25) is 0 Å². The van der Waals surface area contributed by atoms with Crippen molar-refractivity contribution in [3.63, 3.8) is 0 Å². The number of nitrogens with one attached hydrogen (secondary N) is 1. The molecule has 152 valence electrons. The Hall–Kier alpha value is -2.93. The van der Waals surface area contributed by atoms with Crippen molar-refractivity contribution < 1.29 is 19.1 Å². The zero-order valence-electron chi connectivity index (χ0n) is 16.7. The zero-order valence-corrected chi connectivity index (χ0v) is 17.5. The molecule has 0 aliphatic rings. The van der Waals surface area contributed by atoms with Crippen LogP contribution in [0.3, 0.4) is 0 Å². The number of fused-ring (bicyclic) bond motifs is 1. The molecule has 2 aromatic carbocycles. The van der Waals surface area contributed by atoms with Crippen LogP contribution < -0.4 is 10.1 Å². The molecule has 7 heteroatoms. The number of ether oxygens (including phenoxy) is 2. The first-order chi connectivity index (χ1) is 14.0. The number of para-hydroxylation sites is 1. The third-order valence-electron chi connectivity index (χ3n) is 4.31. The summed E-state index contributed by atoms with van der Waals surface area (Å²) in [5.41, 5.74) is 1.34. The van der Waals surface area contributed by atoms with Crippen LogP contribution in [0.5, 0.6) is 5.75 Å². The van der Waals surface area contributed by atoms with Gasteiger partial charge in [0.2, 0.25) is 0 Å². The summed E-state index contributed by atoms with van der Waals surface area (Å²) in [7, 11) is 0. The van der Waals surface area contributed by atoms with E-state index in [0.717, 1.165) is 15.2 Å². The van der Waals surface area contributed by atoms with Crippen LogP contribution in [0, 0.1) is 5.92 Å². The first-order valence-corrected chi connectivity index (χ1v) is 10.3. The number of aromatic nitrogens is 1. The molecule has 0 fully saturated rings. The summed E-state index contributed by atoms with van der Waals surface area (Å²) in [5, 5.41) is 3.50. The van der Waals surface area contributed by atoms with Crippen LogP contribution in [0.25, 0.3) is 10.2 Å². The van der Waals surface area contributed by atoms with Gasteiger partial charge in [0, 0.05) is 5.56 Å². The molecule has 1 N–H and O–H groups in total. The minimum atomic E-state index is -0.747. The number of nitrogens with zero attached hydrogens (tertiary/aromatic N) is 1. The van der Waals surface area contributed by atoms with Gasteiger partial charge in [-0.2, -0.15) is 0 Å². The summed E-state index contributed by atoms with van der Waals surface area (Å²) in [6, 6.07) is 13.8. The predicted octanol–water partition coefficient (Wildman–Crippen LogP) is 4.19. The normalized spacial score (nSPS) is 12.0. The van der Waals surface area contributed by atoms with Gasteiger partial charge >= 0.3 is 5.97 Å². The minimum Gasteiger partial charge on any atom is -0.494 e. The van der Waals surface area contributed by atoms with E-state index in [1.54, 1.807) is 24.3 Å². The smallest absolute Gasteiger partial charge is 0.329 e. The van der Waals surface area contributed by atoms with E-state index in [-0.39, 0.29) is 18.4 Å². The molecular formula is C22H24N2O4S. The molecule has 3 rings (SSSR count). The molecule has 1 aromatic heterocycles. The van der Waals surface area contributed by atoms with Crippen molar-refractivity contribution in [3.8, 4) is 5.75 Å². The van der Waals surface area contributed by atoms with E-state index in [2.05, 4.69) is 10.3 Å². The maximum absolute atomic E-state index is 12.6. The Labute approximate surface area is 173 Å². The van der Waals surface area contributed by atoms with E-state index in [1.165, 1.54) is 11.3 Å². The maximum Gasteiger partial charge on any atom is 0.329 e. The first-order valence-electron chi connectivity index (χ1n) is 9.52. The van der Waals surface area contributed by atoms with E-state index in [1.807, 2.05) is 45.0 Å². The number of benzene rings is 2. The third kappa shape index (κ3) is 5.32. The van der Waals surface area contributed by atoms with E-state index >= 15 is 0 Å². The highest BCUT2D eigenvalue weighted by molar-refractivity contribution is 7.18. The third-order valence-corrected chi connectivity index (χ3v) is 5.32. The lowest BCUT2D eigenvalue weighted by molar-refractivity contribution is -0.148. The number of rotatable bonds is 8. The lowest BCUT2D eigenvalue weighted by Gasteiger charge is -2.20. The number of carbonyl (C=O) groups is 2. The Morgan fingerprint density at radius 1 is 1.10 bits per heavy atom. The molecule has 1 heterocycles. The fraction of sp³-hybridized carbons (Fsp3) is 0.318. The Morgan fingerprint density at radius 2 is 1.83 bits per heavy atom. The van der Waals surface area contributed by atoms with Gasteiger partial charge in [0.15, 0.2) is 0 Å². The molecule has 0 unspecified atom stereocenters. The summed E-state index contributed by atoms with van der Waals surface area (Å²) in [6.45, 7) is 6.26. The van der Waals surface area contributed by atoms with Gasteiger partial charge in [-0.25, -0.2) is 9.78 Å². The molecule has 1 amide bonds. The van der Waals surface area contributed by atoms with Crippen molar-refractivity contribution >= 4 is 33.4 Å². The molecule has 29 heavy (non-hydrogen) atoms. The lowest BCUT2D eigenvalue weighted by Crippen LogP contribution is -2.45. The number of hydrogen-bond donors (Lipinski definition) is 1. The second-order valence-corrected chi connectivity index (χ2v) is 7.95. The lowest BCUT2D eigenvalue weighted by atomic mass is 10.0. The molecule has 0 saturated heterocycles. The number of thiazole rings is 1. The van der Waals surface area contributed by atoms with Gasteiger partial charge in [0.25, 0.3) is 5.91 Å². The van der Waals surface area contributed by atoms with Crippen LogP contribution in [0.4, 0.5) is 0 Å². The van der Waals surface area contributed by atoms with Crippen molar-refractivity contribution in [3.05, 3.63) is 59.1 Å². The van der Waals surface area contributed by atoms with Crippen molar-refractivity contribution in [2.45, 2.75) is 33.4 Å². The van der Waals surface area contributed by atoms with Gasteiger partial charge in [-0.1, -0.05) is 26.0 Å².